The van der Waals surface area contributed by atoms with E-state index in [2.05, 4.69) is 5.32 Å². The van der Waals surface area contributed by atoms with Crippen molar-refractivity contribution in [1.29, 1.82) is 0 Å². The van der Waals surface area contributed by atoms with Crippen molar-refractivity contribution in [2.45, 2.75) is 13.8 Å². The molecule has 0 saturated carbocycles. The fourth-order valence-corrected chi connectivity index (χ4v) is 2.80. The molecule has 1 amide bonds. The molecule has 0 atom stereocenters. The number of hydrogen-bond acceptors (Lipinski definition) is 7. The molecule has 0 bridgehead atoms. The van der Waals surface area contributed by atoms with E-state index < -0.39 is 23.4 Å². The zero-order chi connectivity index (χ0) is 21.7. The summed E-state index contributed by atoms with van der Waals surface area (Å²) in [6.07, 6.45) is 2.70. The van der Waals surface area contributed by atoms with Crippen LogP contribution in [0.15, 0.2) is 36.4 Å². The Bertz CT molecular complexity index is 1030. The Balaban J connectivity index is 1.58. The Hall–Kier alpha value is -3.88. The highest BCUT2D eigenvalue weighted by atomic mass is 16.6. The van der Waals surface area contributed by atoms with Gasteiger partial charge in [-0.05, 0) is 48.7 Å². The van der Waals surface area contributed by atoms with Crippen molar-refractivity contribution in [2.75, 3.05) is 25.1 Å². The summed E-state index contributed by atoms with van der Waals surface area (Å²) < 4.78 is 15.8. The number of anilines is 1. The van der Waals surface area contributed by atoms with Crippen molar-refractivity contribution in [3.63, 3.8) is 0 Å². The SMILES string of the molecule is Cc1ccc([N+](=O)[O-])c(NC(=O)COC(=O)/C=C/c2ccc3c(c2)OCCO3)c1C. The molecule has 156 valence electrons. The van der Waals surface area contributed by atoms with Crippen LogP contribution >= 0.6 is 0 Å². The number of carbonyl (C=O) groups is 2. The highest BCUT2D eigenvalue weighted by Gasteiger charge is 2.20. The molecule has 0 radical (unpaired) electrons. The number of carbonyl (C=O) groups excluding carboxylic acids is 2. The molecule has 0 aromatic heterocycles. The van der Waals surface area contributed by atoms with Crippen molar-refractivity contribution in [3.05, 3.63) is 63.2 Å². The standard InChI is InChI=1S/C21H20N2O7/c1-13-3-6-16(23(26)27)21(14(13)2)22-19(24)12-30-20(25)8-5-15-4-7-17-18(11-15)29-10-9-28-17/h3-8,11H,9-10,12H2,1-2H3,(H,22,24)/b8-5+. The van der Waals surface area contributed by atoms with E-state index in [1.165, 1.54) is 18.2 Å². The molecule has 0 fully saturated rings. The molecule has 2 aromatic carbocycles. The molecule has 0 spiro atoms. The Morgan fingerprint density at radius 1 is 1.17 bits per heavy atom. The van der Waals surface area contributed by atoms with Crippen molar-refractivity contribution in [2.24, 2.45) is 0 Å². The summed E-state index contributed by atoms with van der Waals surface area (Å²) in [6, 6.07) is 8.14. The second-order valence-corrected chi connectivity index (χ2v) is 6.55. The molecule has 1 heterocycles. The van der Waals surface area contributed by atoms with Gasteiger partial charge in [0.25, 0.3) is 11.6 Å². The van der Waals surface area contributed by atoms with Crippen molar-refractivity contribution >= 4 is 29.3 Å². The normalized spacial score (nSPS) is 12.5. The molecule has 1 N–H and O–H groups in total. The third kappa shape index (κ3) is 4.93. The quantitative estimate of drug-likeness (QED) is 0.335. The van der Waals surface area contributed by atoms with Crippen LogP contribution in [0, 0.1) is 24.0 Å². The average molecular weight is 412 g/mol. The second-order valence-electron chi connectivity index (χ2n) is 6.55. The summed E-state index contributed by atoms with van der Waals surface area (Å²) in [5, 5.41) is 13.6. The van der Waals surface area contributed by atoms with Gasteiger partial charge in [0.05, 0.1) is 4.92 Å². The lowest BCUT2D eigenvalue weighted by Gasteiger charge is -2.18. The number of amides is 1. The molecule has 0 unspecified atom stereocenters. The molecule has 1 aliphatic rings. The Morgan fingerprint density at radius 2 is 1.90 bits per heavy atom. The second kappa shape index (κ2) is 9.08. The summed E-state index contributed by atoms with van der Waals surface area (Å²) in [5.41, 5.74) is 1.92. The van der Waals surface area contributed by atoms with E-state index in [9.17, 15) is 19.7 Å². The Kier molecular flexibility index (Phi) is 6.31. The summed E-state index contributed by atoms with van der Waals surface area (Å²) in [6.45, 7) is 3.81. The van der Waals surface area contributed by atoms with E-state index in [-0.39, 0.29) is 11.4 Å². The minimum atomic E-state index is -0.726. The number of aryl methyl sites for hydroxylation is 1. The van der Waals surface area contributed by atoms with E-state index in [1.807, 2.05) is 0 Å². The third-order valence-corrected chi connectivity index (χ3v) is 4.50. The number of ether oxygens (including phenoxy) is 3. The van der Waals surface area contributed by atoms with E-state index in [0.717, 1.165) is 5.56 Å². The maximum atomic E-state index is 12.1. The number of rotatable bonds is 6. The fourth-order valence-electron chi connectivity index (χ4n) is 2.80. The first-order valence-corrected chi connectivity index (χ1v) is 9.14. The van der Waals surface area contributed by atoms with E-state index in [4.69, 9.17) is 14.2 Å². The largest absolute Gasteiger partial charge is 0.486 e. The van der Waals surface area contributed by atoms with Crippen LogP contribution in [0.4, 0.5) is 11.4 Å². The van der Waals surface area contributed by atoms with Gasteiger partial charge in [0.1, 0.15) is 18.9 Å². The van der Waals surface area contributed by atoms with Crippen LogP contribution in [0.2, 0.25) is 0 Å². The molecule has 3 rings (SSSR count). The maximum absolute atomic E-state index is 12.1. The molecule has 9 heteroatoms. The van der Waals surface area contributed by atoms with Crippen LogP contribution in [0.25, 0.3) is 6.08 Å². The summed E-state index contributed by atoms with van der Waals surface area (Å²) in [5.74, 6) is -0.173. The zero-order valence-electron chi connectivity index (χ0n) is 16.5. The smallest absolute Gasteiger partial charge is 0.331 e. The van der Waals surface area contributed by atoms with Crippen LogP contribution in [-0.4, -0.2) is 36.6 Å². The van der Waals surface area contributed by atoms with Crippen LogP contribution in [0.1, 0.15) is 16.7 Å². The number of nitro benzene ring substituents is 1. The summed E-state index contributed by atoms with van der Waals surface area (Å²) in [7, 11) is 0. The summed E-state index contributed by atoms with van der Waals surface area (Å²) in [4.78, 5) is 34.6. The van der Waals surface area contributed by atoms with E-state index in [0.29, 0.717) is 35.8 Å². The lowest BCUT2D eigenvalue weighted by Crippen LogP contribution is -2.21. The average Bonchev–Trinajstić information content (AvgIpc) is 2.73. The van der Waals surface area contributed by atoms with Gasteiger partial charge in [0.2, 0.25) is 0 Å². The molecular formula is C21H20N2O7. The first kappa shape index (κ1) is 20.8. The first-order valence-electron chi connectivity index (χ1n) is 9.14. The van der Waals surface area contributed by atoms with Gasteiger partial charge in [0.15, 0.2) is 18.1 Å². The molecule has 0 saturated heterocycles. The van der Waals surface area contributed by atoms with Gasteiger partial charge >= 0.3 is 5.97 Å². The lowest BCUT2D eigenvalue weighted by atomic mass is 10.1. The van der Waals surface area contributed by atoms with Gasteiger partial charge < -0.3 is 19.5 Å². The number of hydrogen-bond donors (Lipinski definition) is 1. The predicted molar refractivity (Wildman–Crippen MR) is 109 cm³/mol. The van der Waals surface area contributed by atoms with Crippen LogP contribution in [-0.2, 0) is 14.3 Å². The first-order chi connectivity index (χ1) is 14.3. The molecule has 1 aliphatic heterocycles. The zero-order valence-corrected chi connectivity index (χ0v) is 16.5. The maximum Gasteiger partial charge on any atom is 0.331 e. The molecule has 2 aromatic rings. The van der Waals surface area contributed by atoms with Gasteiger partial charge in [0, 0.05) is 12.1 Å². The van der Waals surface area contributed by atoms with Gasteiger partial charge in [-0.1, -0.05) is 12.1 Å². The van der Waals surface area contributed by atoms with E-state index >= 15 is 0 Å². The molecule has 0 aliphatic carbocycles. The topological polar surface area (TPSA) is 117 Å². The number of benzene rings is 2. The minimum absolute atomic E-state index is 0.0906. The van der Waals surface area contributed by atoms with Crippen molar-refractivity contribution in [1.82, 2.24) is 0 Å². The number of nitrogens with zero attached hydrogens (tertiary/aromatic N) is 1. The fraction of sp³-hybridized carbons (Fsp3) is 0.238. The predicted octanol–water partition coefficient (Wildman–Crippen LogP) is 3.18. The Morgan fingerprint density at radius 3 is 2.63 bits per heavy atom. The van der Waals surface area contributed by atoms with Gasteiger partial charge in [-0.15, -0.1) is 0 Å². The van der Waals surface area contributed by atoms with Gasteiger partial charge in [-0.2, -0.15) is 0 Å². The highest BCUT2D eigenvalue weighted by Crippen LogP contribution is 2.31. The van der Waals surface area contributed by atoms with Crippen molar-refractivity contribution in [3.8, 4) is 11.5 Å². The highest BCUT2D eigenvalue weighted by molar-refractivity contribution is 5.97. The van der Waals surface area contributed by atoms with Gasteiger partial charge in [-0.25, -0.2) is 4.79 Å². The molecule has 30 heavy (non-hydrogen) atoms. The number of nitro groups is 1. The van der Waals surface area contributed by atoms with E-state index in [1.54, 1.807) is 38.1 Å². The third-order valence-electron chi connectivity index (χ3n) is 4.50. The lowest BCUT2D eigenvalue weighted by molar-refractivity contribution is -0.384. The number of nitrogens with one attached hydrogen (secondary N) is 1. The monoisotopic (exact) mass is 412 g/mol. The van der Waals surface area contributed by atoms with Crippen LogP contribution < -0.4 is 14.8 Å². The summed E-state index contributed by atoms with van der Waals surface area (Å²) >= 11 is 0. The van der Waals surface area contributed by atoms with Gasteiger partial charge in [-0.3, -0.25) is 14.9 Å². The van der Waals surface area contributed by atoms with Crippen molar-refractivity contribution < 1.29 is 28.7 Å². The number of esters is 1. The molecule has 9 nitrogen and oxygen atoms in total. The van der Waals surface area contributed by atoms with Crippen LogP contribution in [0.5, 0.6) is 11.5 Å². The number of fused-ring (bicyclic) bond motifs is 1. The minimum Gasteiger partial charge on any atom is -0.486 e. The van der Waals surface area contributed by atoms with Crippen LogP contribution in [0.3, 0.4) is 0 Å². The molecular weight excluding hydrogens is 392 g/mol. The Labute approximate surface area is 172 Å².